The average molecular weight is 500 g/mol. The zero-order valence-electron chi connectivity index (χ0n) is 17.2. The minimum absolute atomic E-state index is 0.0618. The van der Waals surface area contributed by atoms with E-state index in [4.69, 9.17) is 12.2 Å². The Morgan fingerprint density at radius 1 is 1.12 bits per heavy atom. The van der Waals surface area contributed by atoms with Crippen molar-refractivity contribution in [1.29, 1.82) is 0 Å². The highest BCUT2D eigenvalue weighted by atomic mass is 32.2. The lowest BCUT2D eigenvalue weighted by atomic mass is 10.1. The van der Waals surface area contributed by atoms with Crippen LogP contribution in [0.4, 0.5) is 4.39 Å². The fourth-order valence-electron chi connectivity index (χ4n) is 3.95. The van der Waals surface area contributed by atoms with Crippen LogP contribution in [0.15, 0.2) is 65.7 Å². The van der Waals surface area contributed by atoms with Crippen molar-refractivity contribution in [2.45, 2.75) is 12.5 Å². The number of para-hydroxylation sites is 1. The van der Waals surface area contributed by atoms with Crippen LogP contribution in [-0.4, -0.2) is 50.9 Å². The summed E-state index contributed by atoms with van der Waals surface area (Å²) < 4.78 is 39.4. The van der Waals surface area contributed by atoms with Crippen LogP contribution >= 0.6 is 24.0 Å². The van der Waals surface area contributed by atoms with Crippen molar-refractivity contribution in [2.75, 3.05) is 11.5 Å². The summed E-state index contributed by atoms with van der Waals surface area (Å²) in [5.74, 6) is -0.661. The summed E-state index contributed by atoms with van der Waals surface area (Å²) in [4.78, 5) is 15.0. The third-order valence-electron chi connectivity index (χ3n) is 5.56. The van der Waals surface area contributed by atoms with E-state index in [-0.39, 0.29) is 23.2 Å². The number of benzene rings is 2. The predicted molar refractivity (Wildman–Crippen MR) is 131 cm³/mol. The fraction of sp³-hybridized carbons (Fsp3) is 0.174. The first-order valence-electron chi connectivity index (χ1n) is 10.2. The maximum absolute atomic E-state index is 13.5. The van der Waals surface area contributed by atoms with Crippen LogP contribution < -0.4 is 0 Å². The number of amides is 1. The standard InChI is InChI=1S/C23H18FN3O3S3/c24-17-8-6-15(7-9-17)21-16(13-26(25-21)18-4-2-1-3-5-18)12-20-22(28)27(23(31)32-20)19-10-11-33(29,30)14-19/h1-9,12-13,19H,10-11,14H2/b20-12-. The molecule has 0 bridgehead atoms. The number of sulfone groups is 1. The molecule has 1 unspecified atom stereocenters. The molecule has 0 aliphatic carbocycles. The number of hydrogen-bond donors (Lipinski definition) is 0. The second-order valence-electron chi connectivity index (χ2n) is 7.83. The number of halogens is 1. The summed E-state index contributed by atoms with van der Waals surface area (Å²) in [6, 6.07) is 15.1. The van der Waals surface area contributed by atoms with Crippen LogP contribution in [-0.2, 0) is 14.6 Å². The predicted octanol–water partition coefficient (Wildman–Crippen LogP) is 4.07. The van der Waals surface area contributed by atoms with Gasteiger partial charge in [0.15, 0.2) is 9.84 Å². The van der Waals surface area contributed by atoms with Gasteiger partial charge in [0.2, 0.25) is 0 Å². The largest absolute Gasteiger partial charge is 0.289 e. The van der Waals surface area contributed by atoms with Gasteiger partial charge in [0, 0.05) is 17.3 Å². The Morgan fingerprint density at radius 3 is 2.52 bits per heavy atom. The number of hydrogen-bond acceptors (Lipinski definition) is 6. The van der Waals surface area contributed by atoms with Crippen molar-refractivity contribution in [3.63, 3.8) is 0 Å². The first kappa shape index (κ1) is 22.0. The molecule has 0 N–H and O–H groups in total. The van der Waals surface area contributed by atoms with Gasteiger partial charge in [0.1, 0.15) is 10.1 Å². The van der Waals surface area contributed by atoms with Crippen molar-refractivity contribution in [3.8, 4) is 16.9 Å². The van der Waals surface area contributed by atoms with Crippen molar-refractivity contribution in [2.24, 2.45) is 0 Å². The van der Waals surface area contributed by atoms with E-state index in [9.17, 15) is 17.6 Å². The monoisotopic (exact) mass is 499 g/mol. The molecule has 3 aromatic rings. The molecule has 6 nitrogen and oxygen atoms in total. The van der Waals surface area contributed by atoms with Gasteiger partial charge in [-0.3, -0.25) is 9.69 Å². The van der Waals surface area contributed by atoms with Gasteiger partial charge in [-0.1, -0.05) is 42.2 Å². The molecule has 0 saturated carbocycles. The van der Waals surface area contributed by atoms with E-state index in [2.05, 4.69) is 5.10 Å². The first-order valence-corrected chi connectivity index (χ1v) is 13.2. The highest BCUT2D eigenvalue weighted by Crippen LogP contribution is 2.37. The summed E-state index contributed by atoms with van der Waals surface area (Å²) >= 11 is 6.57. The van der Waals surface area contributed by atoms with Gasteiger partial charge < -0.3 is 0 Å². The van der Waals surface area contributed by atoms with Crippen molar-refractivity contribution >= 4 is 50.1 Å². The molecule has 2 aliphatic heterocycles. The minimum Gasteiger partial charge on any atom is -0.289 e. The summed E-state index contributed by atoms with van der Waals surface area (Å²) in [7, 11) is -3.16. The first-order chi connectivity index (χ1) is 15.8. The lowest BCUT2D eigenvalue weighted by molar-refractivity contribution is -0.123. The maximum Gasteiger partial charge on any atom is 0.266 e. The highest BCUT2D eigenvalue weighted by Gasteiger charge is 2.42. The Kier molecular flexibility index (Phi) is 5.67. The summed E-state index contributed by atoms with van der Waals surface area (Å²) in [6.07, 6.45) is 3.91. The highest BCUT2D eigenvalue weighted by molar-refractivity contribution is 8.26. The second kappa shape index (κ2) is 8.51. The molecule has 2 aliphatic rings. The minimum atomic E-state index is -3.16. The van der Waals surface area contributed by atoms with Crippen molar-refractivity contribution in [1.82, 2.24) is 14.7 Å². The van der Waals surface area contributed by atoms with Crippen LogP contribution in [0.25, 0.3) is 23.0 Å². The number of thioether (sulfide) groups is 1. The van der Waals surface area contributed by atoms with E-state index in [1.807, 2.05) is 30.3 Å². The zero-order valence-corrected chi connectivity index (χ0v) is 19.7. The van der Waals surface area contributed by atoms with Crippen molar-refractivity contribution < 1.29 is 17.6 Å². The van der Waals surface area contributed by atoms with E-state index >= 15 is 0 Å². The van der Waals surface area contributed by atoms with Crippen LogP contribution in [0.3, 0.4) is 0 Å². The average Bonchev–Trinajstić information content (AvgIpc) is 3.45. The number of carbonyl (C=O) groups is 1. The normalized spacial score (nSPS) is 21.3. The van der Waals surface area contributed by atoms with Gasteiger partial charge in [0.25, 0.3) is 5.91 Å². The smallest absolute Gasteiger partial charge is 0.266 e. The van der Waals surface area contributed by atoms with Gasteiger partial charge in [-0.25, -0.2) is 17.5 Å². The topological polar surface area (TPSA) is 72.3 Å². The molecule has 168 valence electrons. The molecule has 33 heavy (non-hydrogen) atoms. The molecule has 0 spiro atoms. The second-order valence-corrected chi connectivity index (χ2v) is 11.7. The van der Waals surface area contributed by atoms with Gasteiger partial charge in [-0.2, -0.15) is 5.10 Å². The van der Waals surface area contributed by atoms with Gasteiger partial charge in [0.05, 0.1) is 33.8 Å². The third kappa shape index (κ3) is 4.38. The van der Waals surface area contributed by atoms with Crippen molar-refractivity contribution in [3.05, 3.63) is 77.1 Å². The number of carbonyl (C=O) groups excluding carboxylic acids is 1. The molecule has 5 rings (SSSR count). The van der Waals surface area contributed by atoms with Gasteiger partial charge in [-0.15, -0.1) is 0 Å². The van der Waals surface area contributed by atoms with Crippen LogP contribution in [0.1, 0.15) is 12.0 Å². The fourth-order valence-corrected chi connectivity index (χ4v) is 7.04. The molecule has 1 amide bonds. The van der Waals surface area contributed by atoms with E-state index in [0.717, 1.165) is 17.4 Å². The molecule has 1 aromatic heterocycles. The Balaban J connectivity index is 1.54. The molecular weight excluding hydrogens is 481 g/mol. The molecule has 2 aromatic carbocycles. The van der Waals surface area contributed by atoms with Crippen LogP contribution in [0.5, 0.6) is 0 Å². The SMILES string of the molecule is O=C1/C(=C/c2cn(-c3ccccc3)nc2-c2ccc(F)cc2)SC(=S)N1C1CCS(=O)(=O)C1. The number of nitrogens with zero attached hydrogens (tertiary/aromatic N) is 3. The lowest BCUT2D eigenvalue weighted by Crippen LogP contribution is -2.39. The van der Waals surface area contributed by atoms with Gasteiger partial charge >= 0.3 is 0 Å². The molecule has 1 atom stereocenters. The summed E-state index contributed by atoms with van der Waals surface area (Å²) in [6.45, 7) is 0. The van der Waals surface area contributed by atoms with E-state index in [0.29, 0.717) is 32.5 Å². The number of aromatic nitrogens is 2. The Morgan fingerprint density at radius 2 is 1.85 bits per heavy atom. The number of thiocarbonyl (C=S) groups is 1. The lowest BCUT2D eigenvalue weighted by Gasteiger charge is -2.20. The van der Waals surface area contributed by atoms with E-state index in [1.54, 1.807) is 29.1 Å². The third-order valence-corrected chi connectivity index (χ3v) is 8.65. The van der Waals surface area contributed by atoms with E-state index < -0.39 is 15.9 Å². The van der Waals surface area contributed by atoms with Crippen LogP contribution in [0, 0.1) is 5.82 Å². The summed E-state index contributed by atoms with van der Waals surface area (Å²) in [5.41, 5.74) is 2.80. The maximum atomic E-state index is 13.5. The molecule has 0 radical (unpaired) electrons. The Hall–Kier alpha value is -2.82. The number of rotatable bonds is 4. The molecule has 10 heteroatoms. The molecule has 3 heterocycles. The zero-order chi connectivity index (χ0) is 23.2. The Bertz CT molecular complexity index is 1380. The summed E-state index contributed by atoms with van der Waals surface area (Å²) in [5, 5.41) is 4.69. The van der Waals surface area contributed by atoms with Gasteiger partial charge in [-0.05, 0) is 48.9 Å². The van der Waals surface area contributed by atoms with E-state index in [1.165, 1.54) is 17.0 Å². The molecule has 2 saturated heterocycles. The quantitative estimate of drug-likeness (QED) is 0.398. The molecule has 2 fully saturated rings. The Labute approximate surface area is 200 Å². The van der Waals surface area contributed by atoms with Crippen LogP contribution in [0.2, 0.25) is 0 Å². The molecular formula is C23H18FN3O3S3.